The largest absolute Gasteiger partial charge is 0.416 e. The van der Waals surface area contributed by atoms with Gasteiger partial charge >= 0.3 is 6.18 Å². The van der Waals surface area contributed by atoms with Crippen LogP contribution < -0.4 is 16.2 Å². The standard InChI is InChI=1S/C15H11F5N4O2S2/c16-13(17)28-10-4-2-9(3-5-10)21-14(27)23-22-11-6-1-8(15(18,19)20)7-12(11)24(25)26/h1-7,13,22H,(H2,21,23,27). The van der Waals surface area contributed by atoms with Gasteiger partial charge in [0, 0.05) is 16.6 Å². The van der Waals surface area contributed by atoms with Crippen molar-refractivity contribution in [2.75, 3.05) is 10.7 Å². The molecule has 0 amide bonds. The predicted molar refractivity (Wildman–Crippen MR) is 99.4 cm³/mol. The quantitative estimate of drug-likeness (QED) is 0.187. The molecule has 0 unspecified atom stereocenters. The highest BCUT2D eigenvalue weighted by Crippen LogP contribution is 2.34. The maximum Gasteiger partial charge on any atom is 0.416 e. The zero-order valence-corrected chi connectivity index (χ0v) is 15.2. The molecule has 0 heterocycles. The van der Waals surface area contributed by atoms with Crippen LogP contribution in [0.2, 0.25) is 0 Å². The number of nitrogens with zero attached hydrogens (tertiary/aromatic N) is 1. The molecule has 2 aromatic rings. The molecule has 3 N–H and O–H groups in total. The van der Waals surface area contributed by atoms with Crippen LogP contribution in [0.4, 0.5) is 39.0 Å². The number of hydrazine groups is 1. The Morgan fingerprint density at radius 2 is 1.79 bits per heavy atom. The van der Waals surface area contributed by atoms with E-state index in [0.717, 1.165) is 6.07 Å². The van der Waals surface area contributed by atoms with Gasteiger partial charge in [-0.3, -0.25) is 21.0 Å². The van der Waals surface area contributed by atoms with Crippen LogP contribution in [0.15, 0.2) is 47.4 Å². The summed E-state index contributed by atoms with van der Waals surface area (Å²) in [5.74, 6) is -2.55. The molecular formula is C15H11F5N4O2S2. The summed E-state index contributed by atoms with van der Waals surface area (Å²) in [7, 11) is 0. The molecule has 2 rings (SSSR count). The number of nitro groups is 1. The monoisotopic (exact) mass is 438 g/mol. The van der Waals surface area contributed by atoms with Gasteiger partial charge in [-0.1, -0.05) is 11.8 Å². The molecule has 2 aromatic carbocycles. The smallest absolute Gasteiger partial charge is 0.331 e. The maximum atomic E-state index is 12.7. The minimum atomic E-state index is -4.72. The number of benzene rings is 2. The molecule has 0 aliphatic carbocycles. The molecule has 0 saturated heterocycles. The van der Waals surface area contributed by atoms with Gasteiger partial charge in [0.25, 0.3) is 11.4 Å². The molecule has 0 aromatic heterocycles. The lowest BCUT2D eigenvalue weighted by molar-refractivity contribution is -0.384. The normalized spacial score (nSPS) is 11.2. The number of hydrogen-bond acceptors (Lipinski definition) is 5. The summed E-state index contributed by atoms with van der Waals surface area (Å²) < 4.78 is 62.6. The van der Waals surface area contributed by atoms with Crippen molar-refractivity contribution in [1.82, 2.24) is 5.43 Å². The third-order valence-corrected chi connectivity index (χ3v) is 4.10. The van der Waals surface area contributed by atoms with E-state index >= 15 is 0 Å². The van der Waals surface area contributed by atoms with Crippen LogP contribution in [-0.2, 0) is 6.18 Å². The second-order valence-electron chi connectivity index (χ2n) is 5.09. The summed E-state index contributed by atoms with van der Waals surface area (Å²) in [4.78, 5) is 10.4. The van der Waals surface area contributed by atoms with Crippen molar-refractivity contribution in [1.29, 1.82) is 0 Å². The molecule has 0 fully saturated rings. The Labute approximate surface area is 164 Å². The number of nitro benzene ring substituents is 1. The lowest BCUT2D eigenvalue weighted by atomic mass is 10.1. The average molecular weight is 438 g/mol. The average Bonchev–Trinajstić information content (AvgIpc) is 2.60. The Balaban J connectivity index is 2.01. The first-order valence-corrected chi connectivity index (χ1v) is 8.58. The predicted octanol–water partition coefficient (Wildman–Crippen LogP) is 5.24. The van der Waals surface area contributed by atoms with Gasteiger partial charge in [0.05, 0.1) is 10.5 Å². The van der Waals surface area contributed by atoms with Gasteiger partial charge in [-0.25, -0.2) is 0 Å². The molecule has 0 atom stereocenters. The van der Waals surface area contributed by atoms with E-state index in [1.54, 1.807) is 0 Å². The number of thioether (sulfide) groups is 1. The van der Waals surface area contributed by atoms with Crippen molar-refractivity contribution in [3.63, 3.8) is 0 Å². The number of hydrogen-bond donors (Lipinski definition) is 3. The molecule has 0 aliphatic heterocycles. The first-order chi connectivity index (χ1) is 13.1. The van der Waals surface area contributed by atoms with Crippen LogP contribution in [0.5, 0.6) is 0 Å². The number of anilines is 2. The fraction of sp³-hybridized carbons (Fsp3) is 0.133. The lowest BCUT2D eigenvalue weighted by Crippen LogP contribution is -2.33. The first-order valence-electron chi connectivity index (χ1n) is 7.30. The summed E-state index contributed by atoms with van der Waals surface area (Å²) in [6, 6.07) is 7.84. The van der Waals surface area contributed by atoms with Crippen molar-refractivity contribution in [3.05, 3.63) is 58.1 Å². The second-order valence-corrected chi connectivity index (χ2v) is 6.57. The van der Waals surface area contributed by atoms with Crippen LogP contribution >= 0.6 is 24.0 Å². The van der Waals surface area contributed by atoms with E-state index in [0.29, 0.717) is 34.5 Å². The minimum absolute atomic E-state index is 0.0524. The zero-order chi connectivity index (χ0) is 20.9. The number of thiocarbonyl (C=S) groups is 1. The van der Waals surface area contributed by atoms with Crippen molar-refractivity contribution >= 4 is 46.2 Å². The molecule has 0 aliphatic rings. The third-order valence-electron chi connectivity index (χ3n) is 3.17. The molecule has 0 radical (unpaired) electrons. The Kier molecular flexibility index (Phi) is 6.96. The summed E-state index contributed by atoms with van der Waals surface area (Å²) in [5, 5.41) is 13.6. The van der Waals surface area contributed by atoms with E-state index in [1.165, 1.54) is 24.3 Å². The van der Waals surface area contributed by atoms with E-state index in [9.17, 15) is 32.1 Å². The fourth-order valence-electron chi connectivity index (χ4n) is 1.97. The minimum Gasteiger partial charge on any atom is -0.331 e. The SMILES string of the molecule is O=[N+]([O-])c1cc(C(F)(F)F)ccc1NNC(=S)Nc1ccc(SC(F)F)cc1. The Morgan fingerprint density at radius 1 is 1.14 bits per heavy atom. The zero-order valence-electron chi connectivity index (χ0n) is 13.6. The van der Waals surface area contributed by atoms with Gasteiger partial charge < -0.3 is 5.32 Å². The summed E-state index contributed by atoms with van der Waals surface area (Å²) in [6.07, 6.45) is -4.72. The number of rotatable bonds is 6. The highest BCUT2D eigenvalue weighted by Gasteiger charge is 2.33. The van der Waals surface area contributed by atoms with Gasteiger partial charge in [-0.2, -0.15) is 22.0 Å². The Morgan fingerprint density at radius 3 is 2.32 bits per heavy atom. The van der Waals surface area contributed by atoms with E-state index in [4.69, 9.17) is 12.2 Å². The first kappa shape index (κ1) is 21.6. The van der Waals surface area contributed by atoms with Crippen LogP contribution in [0.25, 0.3) is 0 Å². The van der Waals surface area contributed by atoms with Crippen molar-refractivity contribution in [3.8, 4) is 0 Å². The molecule has 0 bridgehead atoms. The van der Waals surface area contributed by atoms with Crippen molar-refractivity contribution in [2.24, 2.45) is 0 Å². The summed E-state index contributed by atoms with van der Waals surface area (Å²) in [5.41, 5.74) is 3.03. The highest BCUT2D eigenvalue weighted by molar-refractivity contribution is 7.99. The molecule has 28 heavy (non-hydrogen) atoms. The summed E-state index contributed by atoms with van der Waals surface area (Å²) in [6.45, 7) is 0. The molecule has 13 heteroatoms. The van der Waals surface area contributed by atoms with E-state index in [2.05, 4.69) is 16.2 Å². The van der Waals surface area contributed by atoms with Crippen molar-refractivity contribution in [2.45, 2.75) is 16.8 Å². The Hall–Kier alpha value is -2.67. The fourth-order valence-corrected chi connectivity index (χ4v) is 2.64. The van der Waals surface area contributed by atoms with Crippen molar-refractivity contribution < 1.29 is 26.9 Å². The lowest BCUT2D eigenvalue weighted by Gasteiger charge is -2.14. The number of nitrogens with one attached hydrogen (secondary N) is 3. The highest BCUT2D eigenvalue weighted by atomic mass is 32.2. The van der Waals surface area contributed by atoms with Crippen LogP contribution in [0, 0.1) is 10.1 Å². The van der Waals surface area contributed by atoms with Crippen LogP contribution in [0.3, 0.4) is 0 Å². The van der Waals surface area contributed by atoms with E-state index in [1.807, 2.05) is 0 Å². The topological polar surface area (TPSA) is 79.2 Å². The van der Waals surface area contributed by atoms with Gasteiger partial charge in [-0.05, 0) is 48.6 Å². The van der Waals surface area contributed by atoms with Gasteiger partial charge in [-0.15, -0.1) is 0 Å². The van der Waals surface area contributed by atoms with E-state index < -0.39 is 28.1 Å². The van der Waals surface area contributed by atoms with Gasteiger partial charge in [0.15, 0.2) is 5.11 Å². The van der Waals surface area contributed by atoms with E-state index in [-0.39, 0.29) is 10.8 Å². The molecule has 0 saturated carbocycles. The van der Waals surface area contributed by atoms with Gasteiger partial charge in [0.1, 0.15) is 5.69 Å². The molecule has 0 spiro atoms. The molecule has 150 valence electrons. The number of halogens is 5. The second kappa shape index (κ2) is 9.01. The third kappa shape index (κ3) is 6.20. The summed E-state index contributed by atoms with van der Waals surface area (Å²) >= 11 is 5.35. The molecule has 6 nitrogen and oxygen atoms in total. The van der Waals surface area contributed by atoms with Crippen LogP contribution in [-0.4, -0.2) is 15.8 Å². The van der Waals surface area contributed by atoms with Crippen LogP contribution in [0.1, 0.15) is 5.56 Å². The number of alkyl halides is 5. The Bertz CT molecular complexity index is 863. The van der Waals surface area contributed by atoms with Gasteiger partial charge in [0.2, 0.25) is 0 Å². The molecular weight excluding hydrogens is 427 g/mol. The maximum absolute atomic E-state index is 12.7.